The maximum Gasteiger partial charge on any atom is 0.232 e. The molecule has 1 aliphatic heterocycles. The van der Waals surface area contributed by atoms with E-state index in [-0.39, 0.29) is 11.8 Å². The van der Waals surface area contributed by atoms with Gasteiger partial charge in [-0.15, -0.1) is 11.3 Å². The second-order valence-corrected chi connectivity index (χ2v) is 6.57. The Kier molecular flexibility index (Phi) is 3.46. The average Bonchev–Trinajstić information content (AvgIpc) is 3.27. The summed E-state index contributed by atoms with van der Waals surface area (Å²) < 4.78 is 5.40. The van der Waals surface area contributed by atoms with Gasteiger partial charge in [0.05, 0.1) is 10.8 Å². The number of anilines is 1. The maximum absolute atomic E-state index is 12.4. The molecule has 116 valence electrons. The third-order valence-corrected chi connectivity index (χ3v) is 4.93. The van der Waals surface area contributed by atoms with Crippen molar-refractivity contribution >= 4 is 22.9 Å². The molecular formula is C17H15N3O2S. The molecule has 0 spiro atoms. The highest BCUT2D eigenvalue weighted by Crippen LogP contribution is 2.33. The van der Waals surface area contributed by atoms with E-state index in [1.807, 2.05) is 53.6 Å². The number of hydrogen-bond acceptors (Lipinski definition) is 5. The fourth-order valence-electron chi connectivity index (χ4n) is 2.88. The van der Waals surface area contributed by atoms with Crippen LogP contribution in [0.15, 0.2) is 46.3 Å². The summed E-state index contributed by atoms with van der Waals surface area (Å²) in [6, 6.07) is 11.8. The number of para-hydroxylation sites is 1. The average molecular weight is 325 g/mol. The molecule has 5 nitrogen and oxygen atoms in total. The van der Waals surface area contributed by atoms with Crippen LogP contribution in [-0.2, 0) is 4.79 Å². The van der Waals surface area contributed by atoms with Gasteiger partial charge >= 0.3 is 0 Å². The minimum absolute atomic E-state index is 0.0525. The maximum atomic E-state index is 12.4. The van der Waals surface area contributed by atoms with Crippen LogP contribution in [0, 0.1) is 6.92 Å². The lowest BCUT2D eigenvalue weighted by Crippen LogP contribution is -2.25. The molecule has 0 aliphatic carbocycles. The van der Waals surface area contributed by atoms with Crippen molar-refractivity contribution in [3.05, 3.63) is 53.2 Å². The lowest BCUT2D eigenvalue weighted by atomic mass is 10.1. The van der Waals surface area contributed by atoms with Crippen LogP contribution in [0.1, 0.15) is 23.8 Å². The second kappa shape index (κ2) is 5.62. The van der Waals surface area contributed by atoms with Crippen LogP contribution in [0.3, 0.4) is 0 Å². The van der Waals surface area contributed by atoms with E-state index < -0.39 is 0 Å². The number of carbonyl (C=O) groups is 1. The number of thiophene rings is 1. The highest BCUT2D eigenvalue weighted by Gasteiger charge is 2.35. The Morgan fingerprint density at radius 3 is 2.91 bits per heavy atom. The van der Waals surface area contributed by atoms with Crippen molar-refractivity contribution in [3.63, 3.8) is 0 Å². The first-order valence-corrected chi connectivity index (χ1v) is 8.34. The normalized spacial score (nSPS) is 17.9. The van der Waals surface area contributed by atoms with Crippen molar-refractivity contribution in [2.24, 2.45) is 0 Å². The molecule has 1 unspecified atom stereocenters. The van der Waals surface area contributed by atoms with Gasteiger partial charge in [0.1, 0.15) is 0 Å². The highest BCUT2D eigenvalue weighted by atomic mass is 32.1. The monoisotopic (exact) mass is 325 g/mol. The Morgan fingerprint density at radius 1 is 1.26 bits per heavy atom. The van der Waals surface area contributed by atoms with E-state index in [4.69, 9.17) is 4.52 Å². The molecule has 1 saturated heterocycles. The number of nitrogens with zero attached hydrogens (tertiary/aromatic N) is 3. The van der Waals surface area contributed by atoms with Gasteiger partial charge in [-0.1, -0.05) is 29.4 Å². The summed E-state index contributed by atoms with van der Waals surface area (Å²) >= 11 is 1.57. The molecule has 23 heavy (non-hydrogen) atoms. The van der Waals surface area contributed by atoms with Gasteiger partial charge in [0.25, 0.3) is 0 Å². The van der Waals surface area contributed by atoms with Crippen molar-refractivity contribution in [2.45, 2.75) is 19.3 Å². The van der Waals surface area contributed by atoms with Gasteiger partial charge in [-0.2, -0.15) is 4.98 Å². The number of aromatic nitrogens is 2. The van der Waals surface area contributed by atoms with Gasteiger partial charge in [-0.05, 0) is 30.0 Å². The molecule has 6 heteroatoms. The zero-order valence-electron chi connectivity index (χ0n) is 12.6. The topological polar surface area (TPSA) is 59.2 Å². The third-order valence-electron chi connectivity index (χ3n) is 4.06. The molecule has 0 bridgehead atoms. The van der Waals surface area contributed by atoms with E-state index in [2.05, 4.69) is 10.1 Å². The van der Waals surface area contributed by atoms with Crippen molar-refractivity contribution in [2.75, 3.05) is 11.4 Å². The molecule has 1 atom stereocenters. The van der Waals surface area contributed by atoms with Gasteiger partial charge in [0.15, 0.2) is 0 Å². The largest absolute Gasteiger partial charge is 0.339 e. The Balaban J connectivity index is 1.58. The van der Waals surface area contributed by atoms with Gasteiger partial charge in [-0.25, -0.2) is 0 Å². The predicted octanol–water partition coefficient (Wildman–Crippen LogP) is 3.63. The molecular weight excluding hydrogens is 310 g/mol. The standard InChI is InChI=1S/C17H15N3O2S/c1-11-5-2-3-6-13(11)20-10-12(9-15(20)21)17-18-16(19-22-17)14-7-4-8-23-14/h2-8,12H,9-10H2,1H3. The first-order chi connectivity index (χ1) is 11.2. The summed E-state index contributed by atoms with van der Waals surface area (Å²) in [5.41, 5.74) is 2.05. The SMILES string of the molecule is Cc1ccccc1N1CC(c2nc(-c3cccs3)no2)CC1=O. The van der Waals surface area contributed by atoms with Crippen LogP contribution in [0.2, 0.25) is 0 Å². The van der Waals surface area contributed by atoms with Crippen LogP contribution in [0.25, 0.3) is 10.7 Å². The third kappa shape index (κ3) is 2.55. The summed E-state index contributed by atoms with van der Waals surface area (Å²) in [5, 5.41) is 6.01. The Hall–Kier alpha value is -2.47. The first kappa shape index (κ1) is 14.1. The van der Waals surface area contributed by atoms with Crippen LogP contribution in [0.4, 0.5) is 5.69 Å². The van der Waals surface area contributed by atoms with Crippen molar-refractivity contribution in [1.82, 2.24) is 10.1 Å². The van der Waals surface area contributed by atoms with Crippen molar-refractivity contribution < 1.29 is 9.32 Å². The van der Waals surface area contributed by atoms with Gasteiger partial charge in [0.2, 0.25) is 17.6 Å². The van der Waals surface area contributed by atoms with Gasteiger partial charge in [0, 0.05) is 18.7 Å². The summed E-state index contributed by atoms with van der Waals surface area (Å²) in [5.74, 6) is 1.18. The van der Waals surface area contributed by atoms with Gasteiger partial charge < -0.3 is 9.42 Å². The minimum atomic E-state index is -0.0525. The number of benzene rings is 1. The van der Waals surface area contributed by atoms with E-state index >= 15 is 0 Å². The van der Waals surface area contributed by atoms with Crippen LogP contribution in [0.5, 0.6) is 0 Å². The molecule has 0 N–H and O–H groups in total. The highest BCUT2D eigenvalue weighted by molar-refractivity contribution is 7.13. The molecule has 3 aromatic rings. The summed E-state index contributed by atoms with van der Waals surface area (Å²) in [4.78, 5) is 19.6. The lowest BCUT2D eigenvalue weighted by molar-refractivity contribution is -0.117. The first-order valence-electron chi connectivity index (χ1n) is 7.46. The number of amides is 1. The predicted molar refractivity (Wildman–Crippen MR) is 88.5 cm³/mol. The van der Waals surface area contributed by atoms with E-state index in [0.717, 1.165) is 16.1 Å². The molecule has 1 amide bonds. The molecule has 1 aliphatic rings. The molecule has 1 fully saturated rings. The Bertz CT molecular complexity index is 841. The van der Waals surface area contributed by atoms with Crippen LogP contribution in [-0.4, -0.2) is 22.6 Å². The molecule has 0 radical (unpaired) electrons. The van der Waals surface area contributed by atoms with E-state index in [0.29, 0.717) is 24.7 Å². The molecule has 4 rings (SSSR count). The molecule has 1 aromatic carbocycles. The number of aryl methyl sites for hydroxylation is 1. The smallest absolute Gasteiger partial charge is 0.232 e. The summed E-state index contributed by atoms with van der Waals surface area (Å²) in [6.45, 7) is 2.59. The minimum Gasteiger partial charge on any atom is -0.339 e. The van der Waals surface area contributed by atoms with Gasteiger partial charge in [-0.3, -0.25) is 4.79 Å². The Labute approximate surface area is 137 Å². The fourth-order valence-corrected chi connectivity index (χ4v) is 3.53. The van der Waals surface area contributed by atoms with E-state index in [1.54, 1.807) is 11.3 Å². The van der Waals surface area contributed by atoms with Crippen LogP contribution < -0.4 is 4.90 Å². The molecule has 2 aromatic heterocycles. The number of hydrogen-bond donors (Lipinski definition) is 0. The fraction of sp³-hybridized carbons (Fsp3) is 0.235. The zero-order valence-corrected chi connectivity index (χ0v) is 13.4. The van der Waals surface area contributed by atoms with E-state index in [9.17, 15) is 4.79 Å². The number of rotatable bonds is 3. The number of carbonyl (C=O) groups excluding carboxylic acids is 1. The quantitative estimate of drug-likeness (QED) is 0.738. The lowest BCUT2D eigenvalue weighted by Gasteiger charge is -2.18. The molecule has 0 saturated carbocycles. The Morgan fingerprint density at radius 2 is 2.13 bits per heavy atom. The summed E-state index contributed by atoms with van der Waals surface area (Å²) in [6.07, 6.45) is 0.403. The van der Waals surface area contributed by atoms with E-state index in [1.165, 1.54) is 0 Å². The summed E-state index contributed by atoms with van der Waals surface area (Å²) in [7, 11) is 0. The molecule has 3 heterocycles. The second-order valence-electron chi connectivity index (χ2n) is 5.63. The van der Waals surface area contributed by atoms with Crippen LogP contribution >= 0.6 is 11.3 Å². The zero-order chi connectivity index (χ0) is 15.8. The van der Waals surface area contributed by atoms with Crippen molar-refractivity contribution in [1.29, 1.82) is 0 Å². The van der Waals surface area contributed by atoms with Crippen molar-refractivity contribution in [3.8, 4) is 10.7 Å².